The van der Waals surface area contributed by atoms with E-state index in [0.29, 0.717) is 51.9 Å². The summed E-state index contributed by atoms with van der Waals surface area (Å²) in [6.45, 7) is 0.293. The molecule has 0 saturated heterocycles. The summed E-state index contributed by atoms with van der Waals surface area (Å²) in [6, 6.07) is 9.69. The van der Waals surface area contributed by atoms with Crippen LogP contribution in [-0.2, 0) is 22.1 Å². The number of nitriles is 1. The molecule has 1 fully saturated rings. The van der Waals surface area contributed by atoms with E-state index in [2.05, 4.69) is 35.4 Å². The Morgan fingerprint density at radius 3 is 2.71 bits per heavy atom. The second-order valence-corrected chi connectivity index (χ2v) is 11.8. The first-order valence-electron chi connectivity index (χ1n) is 11.7. The Balaban J connectivity index is 1.57. The van der Waals surface area contributed by atoms with E-state index in [1.165, 1.54) is 4.31 Å². The third kappa shape index (κ3) is 3.82. The smallest absolute Gasteiger partial charge is 0.261 e. The van der Waals surface area contributed by atoms with Crippen LogP contribution in [0.3, 0.4) is 0 Å². The molecule has 3 aromatic rings. The highest BCUT2D eigenvalue weighted by atomic mass is 32.2. The van der Waals surface area contributed by atoms with Crippen LogP contribution in [0.15, 0.2) is 40.2 Å². The molecule has 0 amide bonds. The summed E-state index contributed by atoms with van der Waals surface area (Å²) < 4.78 is 28.0. The van der Waals surface area contributed by atoms with Crippen LogP contribution in [0, 0.1) is 11.3 Å². The molecule has 10 nitrogen and oxygen atoms in total. The number of pyridine rings is 1. The van der Waals surface area contributed by atoms with Crippen molar-refractivity contribution in [3.63, 3.8) is 0 Å². The zero-order valence-corrected chi connectivity index (χ0v) is 20.9. The number of rotatable bonds is 5. The van der Waals surface area contributed by atoms with Crippen LogP contribution in [-0.4, -0.2) is 59.6 Å². The average Bonchev–Trinajstić information content (AvgIpc) is 3.29. The summed E-state index contributed by atoms with van der Waals surface area (Å²) in [5.74, 6) is 0.392. The Morgan fingerprint density at radius 2 is 2.03 bits per heavy atom. The van der Waals surface area contributed by atoms with Crippen molar-refractivity contribution in [2.75, 3.05) is 26.5 Å². The first kappa shape index (κ1) is 23.5. The number of fused-ring (bicyclic) bond motifs is 2. The van der Waals surface area contributed by atoms with Gasteiger partial charge in [0.05, 0.1) is 28.4 Å². The molecule has 11 heteroatoms. The third-order valence-electron chi connectivity index (χ3n) is 7.48. The molecule has 1 saturated carbocycles. The lowest BCUT2D eigenvalue weighted by Crippen LogP contribution is -2.43. The number of hydrogen-bond donors (Lipinski definition) is 2. The number of aromatic amines is 1. The summed E-state index contributed by atoms with van der Waals surface area (Å²) >= 11 is 0. The number of sulfonamides is 1. The van der Waals surface area contributed by atoms with Gasteiger partial charge in [0.25, 0.3) is 5.56 Å². The highest BCUT2D eigenvalue weighted by Crippen LogP contribution is 2.41. The van der Waals surface area contributed by atoms with E-state index < -0.39 is 15.6 Å². The number of benzene rings is 1. The van der Waals surface area contributed by atoms with E-state index in [1.54, 1.807) is 31.4 Å². The quantitative estimate of drug-likeness (QED) is 0.557. The zero-order chi connectivity index (χ0) is 25.0. The van der Waals surface area contributed by atoms with Gasteiger partial charge < -0.3 is 15.2 Å². The topological polar surface area (TPSA) is 127 Å². The first-order chi connectivity index (χ1) is 16.7. The van der Waals surface area contributed by atoms with Crippen molar-refractivity contribution in [3.05, 3.63) is 46.4 Å². The molecular weight excluding hydrogens is 466 g/mol. The van der Waals surface area contributed by atoms with E-state index in [-0.39, 0.29) is 5.56 Å². The van der Waals surface area contributed by atoms with Crippen molar-refractivity contribution in [1.29, 1.82) is 5.26 Å². The molecule has 2 aliphatic rings. The van der Waals surface area contributed by atoms with Gasteiger partial charge in [0, 0.05) is 31.5 Å². The molecule has 2 aromatic heterocycles. The minimum atomic E-state index is -3.45. The monoisotopic (exact) mass is 495 g/mol. The lowest BCUT2D eigenvalue weighted by Gasteiger charge is -2.41. The van der Waals surface area contributed by atoms with Crippen LogP contribution in [0.2, 0.25) is 0 Å². The lowest BCUT2D eigenvalue weighted by molar-refractivity contribution is 0.119. The van der Waals surface area contributed by atoms with Crippen LogP contribution in [0.5, 0.6) is 0 Å². The summed E-state index contributed by atoms with van der Waals surface area (Å²) in [6.07, 6.45) is 5.36. The number of nitrogens with one attached hydrogen (secondary N) is 2. The zero-order valence-electron chi connectivity index (χ0n) is 20.1. The third-order valence-corrected chi connectivity index (χ3v) is 9.39. The molecule has 3 heterocycles. The minimum absolute atomic E-state index is 0.270. The minimum Gasteiger partial charge on any atom is -0.338 e. The molecule has 5 rings (SSSR count). The number of hydrogen-bond acceptors (Lipinski definition) is 7. The fraction of sp³-hybridized carbons (Fsp3) is 0.458. The fourth-order valence-corrected chi connectivity index (χ4v) is 6.79. The maximum absolute atomic E-state index is 12.9. The Bertz CT molecular complexity index is 1490. The number of anilines is 2. The predicted octanol–water partition coefficient (Wildman–Crippen LogP) is 2.72. The number of nitrogens with zero attached hydrogens (tertiary/aromatic N) is 5. The normalized spacial score (nSPS) is 23.9. The molecule has 1 aromatic carbocycles. The standard InChI is InChI=1S/C24H29N7O3S/c1-29(2)18-6-9-24(10-7-18,11-12-25)31-19-8-13-26-23(32)21(19)22(28-31)27-17-4-5-20-16(14-17)15-30(3)35(20,33)34/h4-5,8,13-14,18H,6-7,9-11,15H2,1-3H3,(H,26,32)(H,27,28)/t18-,24-. The van der Waals surface area contributed by atoms with Crippen LogP contribution < -0.4 is 10.9 Å². The van der Waals surface area contributed by atoms with E-state index >= 15 is 0 Å². The first-order valence-corrected chi connectivity index (χ1v) is 13.1. The summed E-state index contributed by atoms with van der Waals surface area (Å²) in [5, 5.41) is 18.2. The Labute approximate surface area is 204 Å². The lowest BCUT2D eigenvalue weighted by atomic mass is 9.77. The van der Waals surface area contributed by atoms with Gasteiger partial charge in [-0.3, -0.25) is 9.48 Å². The van der Waals surface area contributed by atoms with Crippen molar-refractivity contribution >= 4 is 32.4 Å². The van der Waals surface area contributed by atoms with Gasteiger partial charge in [-0.05, 0) is 69.6 Å². The van der Waals surface area contributed by atoms with Crippen molar-refractivity contribution in [2.24, 2.45) is 0 Å². The predicted molar refractivity (Wildman–Crippen MR) is 133 cm³/mol. The Hall–Kier alpha value is -3.20. The van der Waals surface area contributed by atoms with Gasteiger partial charge >= 0.3 is 0 Å². The van der Waals surface area contributed by atoms with Crippen LogP contribution >= 0.6 is 0 Å². The van der Waals surface area contributed by atoms with E-state index in [0.717, 1.165) is 25.7 Å². The molecule has 184 valence electrons. The van der Waals surface area contributed by atoms with Gasteiger partial charge in [0.1, 0.15) is 5.39 Å². The van der Waals surface area contributed by atoms with Gasteiger partial charge in [-0.2, -0.15) is 14.7 Å². The maximum Gasteiger partial charge on any atom is 0.261 e. The molecule has 0 atom stereocenters. The number of aromatic nitrogens is 3. The highest BCUT2D eigenvalue weighted by Gasteiger charge is 2.40. The molecule has 35 heavy (non-hydrogen) atoms. The molecule has 1 aliphatic carbocycles. The Kier molecular flexibility index (Phi) is 5.70. The van der Waals surface area contributed by atoms with Crippen LogP contribution in [0.1, 0.15) is 37.7 Å². The summed E-state index contributed by atoms with van der Waals surface area (Å²) in [7, 11) is 2.25. The van der Waals surface area contributed by atoms with Crippen LogP contribution in [0.25, 0.3) is 10.9 Å². The Morgan fingerprint density at radius 1 is 1.29 bits per heavy atom. The van der Waals surface area contributed by atoms with Crippen molar-refractivity contribution in [1.82, 2.24) is 24.0 Å². The molecule has 0 bridgehead atoms. The van der Waals surface area contributed by atoms with Crippen LogP contribution in [0.4, 0.5) is 11.5 Å². The molecule has 1 aliphatic heterocycles. The maximum atomic E-state index is 12.9. The summed E-state index contributed by atoms with van der Waals surface area (Å²) in [5.41, 5.74) is 1.25. The van der Waals surface area contributed by atoms with Crippen molar-refractivity contribution < 1.29 is 8.42 Å². The molecular formula is C24H29N7O3S. The van der Waals surface area contributed by atoms with E-state index in [9.17, 15) is 18.5 Å². The van der Waals surface area contributed by atoms with Crippen molar-refractivity contribution in [2.45, 2.75) is 55.1 Å². The second kappa shape index (κ2) is 8.48. The average molecular weight is 496 g/mol. The fourth-order valence-electron chi connectivity index (χ4n) is 5.46. The summed E-state index contributed by atoms with van der Waals surface area (Å²) in [4.78, 5) is 18.2. The molecule has 2 N–H and O–H groups in total. The van der Waals surface area contributed by atoms with E-state index in [1.807, 2.05) is 10.7 Å². The van der Waals surface area contributed by atoms with Gasteiger partial charge in [-0.25, -0.2) is 8.42 Å². The SMILES string of the molecule is CN1Cc2cc(Nc3nn([C@]4(CC#N)CC[C@@H](N(C)C)CC4)c4cc[nH]c(=O)c34)ccc2S1(=O)=O. The molecule has 0 spiro atoms. The highest BCUT2D eigenvalue weighted by molar-refractivity contribution is 7.89. The second-order valence-electron chi connectivity index (χ2n) is 9.79. The van der Waals surface area contributed by atoms with Gasteiger partial charge in [0.2, 0.25) is 10.0 Å². The van der Waals surface area contributed by atoms with E-state index in [4.69, 9.17) is 5.10 Å². The number of H-pyrrole nitrogens is 1. The molecule has 0 unspecified atom stereocenters. The van der Waals surface area contributed by atoms with Crippen molar-refractivity contribution in [3.8, 4) is 6.07 Å². The molecule has 0 radical (unpaired) electrons. The van der Waals surface area contributed by atoms with Gasteiger partial charge in [-0.1, -0.05) is 0 Å². The largest absolute Gasteiger partial charge is 0.338 e. The van der Waals surface area contributed by atoms with Gasteiger partial charge in [0.15, 0.2) is 5.82 Å². The van der Waals surface area contributed by atoms with Gasteiger partial charge in [-0.15, -0.1) is 0 Å².